The van der Waals surface area contributed by atoms with Gasteiger partial charge in [-0.3, -0.25) is 0 Å². The molecular weight excluding hydrogens is 242 g/mol. The lowest BCUT2D eigenvalue weighted by Crippen LogP contribution is -3.00. The smallest absolute Gasteiger partial charge is 0.178 e. The minimum atomic E-state index is 0. The summed E-state index contributed by atoms with van der Waals surface area (Å²) in [7, 11) is 0. The van der Waals surface area contributed by atoms with Crippen molar-refractivity contribution in [1.82, 2.24) is 0 Å². The molecule has 0 aliphatic heterocycles. The van der Waals surface area contributed by atoms with Crippen molar-refractivity contribution in [2.75, 3.05) is 0 Å². The van der Waals surface area contributed by atoms with Crippen molar-refractivity contribution in [2.24, 2.45) is 0 Å². The molecule has 0 saturated carbocycles. The van der Waals surface area contributed by atoms with Gasteiger partial charge in [0, 0.05) is 25.0 Å². The Kier molecular flexibility index (Phi) is 5.87. The summed E-state index contributed by atoms with van der Waals surface area (Å²) in [5.41, 5.74) is 4.14. The highest BCUT2D eigenvalue weighted by Gasteiger charge is 2.07. The van der Waals surface area contributed by atoms with E-state index in [0.717, 1.165) is 19.4 Å². The van der Waals surface area contributed by atoms with Gasteiger partial charge in [-0.2, -0.15) is 0 Å². The molecule has 0 unspecified atom stereocenters. The van der Waals surface area contributed by atoms with Crippen molar-refractivity contribution >= 4 is 0 Å². The standard InChI is InChI=1S/C16H20N.ClH/c1-3-15-10-9-14(2)17(13-15)12-11-16-7-5-4-6-8-16;/h4-10,13H,3,11-12H2,1-2H3;1H/q+1;/p-1. The highest BCUT2D eigenvalue weighted by Crippen LogP contribution is 2.02. The summed E-state index contributed by atoms with van der Waals surface area (Å²) in [5.74, 6) is 0. The van der Waals surface area contributed by atoms with E-state index in [0.29, 0.717) is 0 Å². The van der Waals surface area contributed by atoms with E-state index in [-0.39, 0.29) is 12.4 Å². The van der Waals surface area contributed by atoms with Gasteiger partial charge in [-0.05, 0) is 18.1 Å². The number of benzene rings is 1. The number of pyridine rings is 1. The molecule has 0 bridgehead atoms. The summed E-state index contributed by atoms with van der Waals surface area (Å²) >= 11 is 0. The van der Waals surface area contributed by atoms with Crippen LogP contribution in [0.5, 0.6) is 0 Å². The lowest BCUT2D eigenvalue weighted by molar-refractivity contribution is -0.702. The Morgan fingerprint density at radius 3 is 2.33 bits per heavy atom. The molecule has 0 atom stereocenters. The molecule has 0 saturated heterocycles. The van der Waals surface area contributed by atoms with Gasteiger partial charge < -0.3 is 12.4 Å². The summed E-state index contributed by atoms with van der Waals surface area (Å²) in [6.07, 6.45) is 4.48. The Morgan fingerprint density at radius 2 is 1.67 bits per heavy atom. The van der Waals surface area contributed by atoms with E-state index in [2.05, 4.69) is 67.1 Å². The molecule has 1 nitrogen and oxygen atoms in total. The van der Waals surface area contributed by atoms with Gasteiger partial charge in [-0.1, -0.05) is 37.3 Å². The molecule has 18 heavy (non-hydrogen) atoms. The number of halogens is 1. The molecule has 0 aliphatic rings. The largest absolute Gasteiger partial charge is 1.00 e. The Labute approximate surface area is 116 Å². The quantitative estimate of drug-likeness (QED) is 0.687. The van der Waals surface area contributed by atoms with Crippen molar-refractivity contribution in [3.63, 3.8) is 0 Å². The molecule has 0 N–H and O–H groups in total. The SMILES string of the molecule is CCc1ccc(C)[n+](CCc2ccccc2)c1.[Cl-]. The highest BCUT2D eigenvalue weighted by atomic mass is 35.5. The predicted molar refractivity (Wildman–Crippen MR) is 70.9 cm³/mol. The van der Waals surface area contributed by atoms with Crippen LogP contribution in [0.15, 0.2) is 48.7 Å². The number of hydrogen-bond acceptors (Lipinski definition) is 0. The molecule has 1 aromatic heterocycles. The van der Waals surface area contributed by atoms with Crippen LogP contribution in [0.25, 0.3) is 0 Å². The van der Waals surface area contributed by atoms with Crippen LogP contribution in [-0.2, 0) is 19.4 Å². The van der Waals surface area contributed by atoms with Crippen molar-refractivity contribution < 1.29 is 17.0 Å². The van der Waals surface area contributed by atoms with Gasteiger partial charge in [0.1, 0.15) is 0 Å². The van der Waals surface area contributed by atoms with Crippen molar-refractivity contribution in [3.05, 3.63) is 65.5 Å². The first-order valence-electron chi connectivity index (χ1n) is 6.32. The van der Waals surface area contributed by atoms with Gasteiger partial charge in [0.25, 0.3) is 0 Å². The lowest BCUT2D eigenvalue weighted by Gasteiger charge is -2.03. The summed E-state index contributed by atoms with van der Waals surface area (Å²) in [6.45, 7) is 5.43. The van der Waals surface area contributed by atoms with Gasteiger partial charge in [0.2, 0.25) is 0 Å². The zero-order valence-electron chi connectivity index (χ0n) is 11.1. The summed E-state index contributed by atoms with van der Waals surface area (Å²) < 4.78 is 2.35. The zero-order valence-corrected chi connectivity index (χ0v) is 11.8. The molecule has 2 heteroatoms. The van der Waals surface area contributed by atoms with Crippen LogP contribution < -0.4 is 17.0 Å². The molecule has 0 fully saturated rings. The van der Waals surface area contributed by atoms with E-state index in [1.807, 2.05) is 0 Å². The number of aryl methyl sites for hydroxylation is 4. The fourth-order valence-corrected chi connectivity index (χ4v) is 2.01. The number of rotatable bonds is 4. The third-order valence-electron chi connectivity index (χ3n) is 3.21. The normalized spacial score (nSPS) is 9.89. The molecule has 0 radical (unpaired) electrons. The van der Waals surface area contributed by atoms with Gasteiger partial charge in [-0.25, -0.2) is 4.57 Å². The molecule has 96 valence electrons. The van der Waals surface area contributed by atoms with E-state index in [9.17, 15) is 0 Å². The van der Waals surface area contributed by atoms with E-state index >= 15 is 0 Å². The third kappa shape index (κ3) is 3.85. The molecule has 0 amide bonds. The van der Waals surface area contributed by atoms with Crippen LogP contribution in [0.4, 0.5) is 0 Å². The Bertz CT molecular complexity index is 480. The first kappa shape index (κ1) is 14.7. The summed E-state index contributed by atoms with van der Waals surface area (Å²) in [4.78, 5) is 0. The van der Waals surface area contributed by atoms with Gasteiger partial charge in [-0.15, -0.1) is 0 Å². The number of hydrogen-bond donors (Lipinski definition) is 0. The van der Waals surface area contributed by atoms with E-state index < -0.39 is 0 Å². The van der Waals surface area contributed by atoms with Gasteiger partial charge in [0.15, 0.2) is 18.4 Å². The third-order valence-corrected chi connectivity index (χ3v) is 3.21. The molecule has 0 spiro atoms. The van der Waals surface area contributed by atoms with E-state index in [1.54, 1.807) is 0 Å². The first-order chi connectivity index (χ1) is 8.29. The average Bonchev–Trinajstić information content (AvgIpc) is 2.39. The molecule has 1 heterocycles. The topological polar surface area (TPSA) is 3.88 Å². The Morgan fingerprint density at radius 1 is 0.944 bits per heavy atom. The van der Waals surface area contributed by atoms with Gasteiger partial charge in [0.05, 0.1) is 0 Å². The maximum absolute atomic E-state index is 2.35. The minimum absolute atomic E-state index is 0. The monoisotopic (exact) mass is 261 g/mol. The fraction of sp³-hybridized carbons (Fsp3) is 0.312. The lowest BCUT2D eigenvalue weighted by atomic mass is 10.1. The Hall–Kier alpha value is -1.34. The second-order valence-electron chi connectivity index (χ2n) is 4.46. The molecule has 2 rings (SSSR count). The second kappa shape index (κ2) is 7.17. The summed E-state index contributed by atoms with van der Waals surface area (Å²) in [6, 6.07) is 15.1. The van der Waals surface area contributed by atoms with Crippen molar-refractivity contribution in [2.45, 2.75) is 33.2 Å². The van der Waals surface area contributed by atoms with E-state index in [1.165, 1.54) is 16.8 Å². The fourth-order valence-electron chi connectivity index (χ4n) is 2.01. The van der Waals surface area contributed by atoms with Gasteiger partial charge >= 0.3 is 0 Å². The van der Waals surface area contributed by atoms with Crippen molar-refractivity contribution in [3.8, 4) is 0 Å². The molecule has 2 aromatic rings. The molecular formula is C16H20ClN. The molecule has 0 aliphatic carbocycles. The maximum Gasteiger partial charge on any atom is 0.178 e. The predicted octanol–water partition coefficient (Wildman–Crippen LogP) is 0.0916. The first-order valence-corrected chi connectivity index (χ1v) is 6.32. The average molecular weight is 262 g/mol. The maximum atomic E-state index is 2.35. The van der Waals surface area contributed by atoms with Crippen LogP contribution in [0, 0.1) is 6.92 Å². The highest BCUT2D eigenvalue weighted by molar-refractivity contribution is 5.14. The van der Waals surface area contributed by atoms with Crippen LogP contribution in [0.2, 0.25) is 0 Å². The second-order valence-corrected chi connectivity index (χ2v) is 4.46. The van der Waals surface area contributed by atoms with Crippen LogP contribution in [0.3, 0.4) is 0 Å². The number of aromatic nitrogens is 1. The zero-order chi connectivity index (χ0) is 12.1. The Balaban J connectivity index is 0.00000162. The van der Waals surface area contributed by atoms with Crippen molar-refractivity contribution in [1.29, 1.82) is 0 Å². The van der Waals surface area contributed by atoms with Crippen LogP contribution in [0.1, 0.15) is 23.7 Å². The summed E-state index contributed by atoms with van der Waals surface area (Å²) in [5, 5.41) is 0. The minimum Gasteiger partial charge on any atom is -1.00 e. The van der Waals surface area contributed by atoms with Crippen LogP contribution in [-0.4, -0.2) is 0 Å². The van der Waals surface area contributed by atoms with E-state index in [4.69, 9.17) is 0 Å². The van der Waals surface area contributed by atoms with Crippen LogP contribution >= 0.6 is 0 Å². The number of nitrogens with zero attached hydrogens (tertiary/aromatic N) is 1. The molecule has 1 aromatic carbocycles.